The number of furan rings is 1. The highest BCUT2D eigenvalue weighted by Crippen LogP contribution is 2.39. The van der Waals surface area contributed by atoms with Crippen LogP contribution in [0, 0.1) is 0 Å². The summed E-state index contributed by atoms with van der Waals surface area (Å²) < 4.78 is 21.3. The third kappa shape index (κ3) is 2.85. The molecule has 0 saturated carbocycles. The third-order valence-electron chi connectivity index (χ3n) is 2.91. The van der Waals surface area contributed by atoms with E-state index in [0.29, 0.717) is 34.8 Å². The second-order valence-electron chi connectivity index (χ2n) is 4.22. The van der Waals surface area contributed by atoms with E-state index in [1.54, 1.807) is 12.1 Å². The van der Waals surface area contributed by atoms with Crippen molar-refractivity contribution in [2.24, 2.45) is 0 Å². The molecular formula is C15H16O6. The van der Waals surface area contributed by atoms with Crippen molar-refractivity contribution >= 4 is 16.9 Å². The van der Waals surface area contributed by atoms with E-state index in [1.165, 1.54) is 20.3 Å². The van der Waals surface area contributed by atoms with Gasteiger partial charge in [0.1, 0.15) is 12.4 Å². The molecule has 0 spiro atoms. The van der Waals surface area contributed by atoms with Crippen LogP contribution >= 0.6 is 0 Å². The molecule has 0 aliphatic rings. The minimum Gasteiger partial charge on any atom is -0.493 e. The quantitative estimate of drug-likeness (QED) is 0.624. The fraction of sp³-hybridized carbons (Fsp3) is 0.267. The number of carboxylic acid groups (broad SMARTS) is 1. The van der Waals surface area contributed by atoms with Crippen molar-refractivity contribution in [1.82, 2.24) is 0 Å². The van der Waals surface area contributed by atoms with E-state index in [9.17, 15) is 9.90 Å². The highest BCUT2D eigenvalue weighted by molar-refractivity contribution is 6.05. The van der Waals surface area contributed by atoms with Crippen molar-refractivity contribution in [3.8, 4) is 11.5 Å². The van der Waals surface area contributed by atoms with Gasteiger partial charge in [-0.05, 0) is 12.1 Å². The number of benzene rings is 1. The number of methoxy groups -OCH3 is 2. The molecule has 0 aliphatic carbocycles. The Labute approximate surface area is 121 Å². The van der Waals surface area contributed by atoms with E-state index in [0.717, 1.165) is 0 Å². The summed E-state index contributed by atoms with van der Waals surface area (Å²) in [6.45, 7) is 4.14. The Bertz CT molecular complexity index is 670. The smallest absolute Gasteiger partial charge is 0.336 e. The molecule has 6 heteroatoms. The zero-order valence-corrected chi connectivity index (χ0v) is 11.8. The lowest BCUT2D eigenvalue weighted by Crippen LogP contribution is -1.99. The van der Waals surface area contributed by atoms with Crippen LogP contribution in [0.3, 0.4) is 0 Å². The number of aromatic carboxylic acids is 1. The predicted molar refractivity (Wildman–Crippen MR) is 76.1 cm³/mol. The number of hydrogen-bond donors (Lipinski definition) is 1. The lowest BCUT2D eigenvalue weighted by Gasteiger charge is -2.09. The van der Waals surface area contributed by atoms with Crippen LogP contribution in [-0.4, -0.2) is 31.9 Å². The van der Waals surface area contributed by atoms with Gasteiger partial charge in [0.25, 0.3) is 0 Å². The van der Waals surface area contributed by atoms with Gasteiger partial charge in [0.2, 0.25) is 5.75 Å². The van der Waals surface area contributed by atoms with Crippen LogP contribution in [-0.2, 0) is 11.3 Å². The van der Waals surface area contributed by atoms with Crippen LogP contribution in [0.4, 0.5) is 0 Å². The topological polar surface area (TPSA) is 78.1 Å². The second-order valence-corrected chi connectivity index (χ2v) is 4.22. The molecule has 112 valence electrons. The molecule has 0 aliphatic heterocycles. The Morgan fingerprint density at radius 3 is 2.71 bits per heavy atom. The fourth-order valence-electron chi connectivity index (χ4n) is 2.03. The molecule has 1 aromatic heterocycles. The summed E-state index contributed by atoms with van der Waals surface area (Å²) in [4.78, 5) is 11.4. The van der Waals surface area contributed by atoms with Crippen molar-refractivity contribution < 1.29 is 28.5 Å². The molecule has 21 heavy (non-hydrogen) atoms. The van der Waals surface area contributed by atoms with Crippen LogP contribution in [0.2, 0.25) is 0 Å². The first kappa shape index (κ1) is 14.9. The van der Waals surface area contributed by atoms with E-state index in [-0.39, 0.29) is 12.2 Å². The first-order chi connectivity index (χ1) is 10.1. The monoisotopic (exact) mass is 292 g/mol. The van der Waals surface area contributed by atoms with Gasteiger partial charge in [-0.3, -0.25) is 0 Å². The number of fused-ring (bicyclic) bond motifs is 1. The number of carboxylic acids is 1. The van der Waals surface area contributed by atoms with E-state index >= 15 is 0 Å². The molecule has 0 atom stereocenters. The van der Waals surface area contributed by atoms with Crippen LogP contribution in [0.1, 0.15) is 16.1 Å². The molecule has 1 heterocycles. The number of carbonyl (C=O) groups is 1. The molecule has 1 aromatic carbocycles. The van der Waals surface area contributed by atoms with Crippen molar-refractivity contribution in [2.45, 2.75) is 6.61 Å². The molecule has 0 amide bonds. The zero-order valence-electron chi connectivity index (χ0n) is 11.8. The summed E-state index contributed by atoms with van der Waals surface area (Å²) in [6, 6.07) is 3.04. The minimum atomic E-state index is -1.07. The fourth-order valence-corrected chi connectivity index (χ4v) is 2.03. The molecule has 6 nitrogen and oxygen atoms in total. The van der Waals surface area contributed by atoms with Gasteiger partial charge < -0.3 is 23.7 Å². The second kappa shape index (κ2) is 6.32. The Balaban J connectivity index is 2.57. The summed E-state index contributed by atoms with van der Waals surface area (Å²) in [5, 5.41) is 9.75. The van der Waals surface area contributed by atoms with Gasteiger partial charge in [-0.15, -0.1) is 6.58 Å². The molecule has 1 N–H and O–H groups in total. The zero-order chi connectivity index (χ0) is 15.4. The van der Waals surface area contributed by atoms with Crippen molar-refractivity contribution in [3.05, 3.63) is 36.1 Å². The highest BCUT2D eigenvalue weighted by atomic mass is 16.5. The third-order valence-corrected chi connectivity index (χ3v) is 2.91. The number of hydrogen-bond acceptors (Lipinski definition) is 5. The van der Waals surface area contributed by atoms with Crippen LogP contribution in [0.5, 0.6) is 11.5 Å². The predicted octanol–water partition coefficient (Wildman–Crippen LogP) is 2.85. The van der Waals surface area contributed by atoms with Crippen molar-refractivity contribution in [1.29, 1.82) is 0 Å². The van der Waals surface area contributed by atoms with Gasteiger partial charge in [-0.1, -0.05) is 6.08 Å². The largest absolute Gasteiger partial charge is 0.493 e. The Morgan fingerprint density at radius 1 is 1.38 bits per heavy atom. The van der Waals surface area contributed by atoms with Crippen LogP contribution < -0.4 is 9.47 Å². The molecule has 0 saturated heterocycles. The first-order valence-corrected chi connectivity index (χ1v) is 6.21. The lowest BCUT2D eigenvalue weighted by atomic mass is 10.1. The molecule has 0 radical (unpaired) electrons. The Hall–Kier alpha value is -2.47. The van der Waals surface area contributed by atoms with Crippen LogP contribution in [0.25, 0.3) is 11.0 Å². The van der Waals surface area contributed by atoms with Gasteiger partial charge in [0.15, 0.2) is 11.3 Å². The average Bonchev–Trinajstić information content (AvgIpc) is 2.88. The lowest BCUT2D eigenvalue weighted by molar-refractivity contribution is 0.0698. The normalized spacial score (nSPS) is 10.6. The maximum atomic E-state index is 11.4. The summed E-state index contributed by atoms with van der Waals surface area (Å²) in [5.41, 5.74) is 0.410. The SMILES string of the molecule is C=CCOCc1cc2c(C(=O)O)cc(OC)c(OC)c2o1. The average molecular weight is 292 g/mol. The highest BCUT2D eigenvalue weighted by Gasteiger charge is 2.21. The number of rotatable bonds is 7. The molecule has 0 fully saturated rings. The van der Waals surface area contributed by atoms with E-state index in [4.69, 9.17) is 18.6 Å². The minimum absolute atomic E-state index is 0.0846. The summed E-state index contributed by atoms with van der Waals surface area (Å²) in [5.74, 6) is 0.0870. The first-order valence-electron chi connectivity index (χ1n) is 6.21. The van der Waals surface area contributed by atoms with Gasteiger partial charge in [0, 0.05) is 5.39 Å². The van der Waals surface area contributed by atoms with Gasteiger partial charge in [-0.2, -0.15) is 0 Å². The van der Waals surface area contributed by atoms with Crippen LogP contribution in [0.15, 0.2) is 29.2 Å². The molecule has 2 aromatic rings. The molecule has 0 unspecified atom stereocenters. The summed E-state index contributed by atoms with van der Waals surface area (Å²) in [6.07, 6.45) is 1.62. The van der Waals surface area contributed by atoms with Crippen molar-refractivity contribution in [2.75, 3.05) is 20.8 Å². The summed E-state index contributed by atoms with van der Waals surface area (Å²) in [7, 11) is 2.90. The Kier molecular flexibility index (Phi) is 4.49. The van der Waals surface area contributed by atoms with Gasteiger partial charge >= 0.3 is 5.97 Å². The van der Waals surface area contributed by atoms with Gasteiger partial charge in [0.05, 0.1) is 26.4 Å². The summed E-state index contributed by atoms with van der Waals surface area (Å²) >= 11 is 0. The molecule has 2 rings (SSSR count). The van der Waals surface area contributed by atoms with E-state index in [2.05, 4.69) is 6.58 Å². The Morgan fingerprint density at radius 2 is 2.14 bits per heavy atom. The molecular weight excluding hydrogens is 276 g/mol. The van der Waals surface area contributed by atoms with E-state index < -0.39 is 5.97 Å². The maximum Gasteiger partial charge on any atom is 0.336 e. The van der Waals surface area contributed by atoms with E-state index in [1.807, 2.05) is 0 Å². The van der Waals surface area contributed by atoms with Crippen molar-refractivity contribution in [3.63, 3.8) is 0 Å². The maximum absolute atomic E-state index is 11.4. The number of ether oxygens (including phenoxy) is 3. The molecule has 0 bridgehead atoms. The standard InChI is InChI=1S/C15H16O6/c1-4-5-20-8-9-6-10-11(15(16)17)7-12(18-2)14(19-3)13(10)21-9/h4,6-7H,1,5,8H2,2-3H3,(H,16,17). The van der Waals surface area contributed by atoms with Gasteiger partial charge in [-0.25, -0.2) is 4.79 Å².